The number of para-hydroxylation sites is 2. The highest BCUT2D eigenvalue weighted by atomic mass is 16.3. The first-order valence-corrected chi connectivity index (χ1v) is 9.73. The SMILES string of the molecule is Cc1nn(-c2ccccc2)c(O)c1/C(=N/NC(=O)Nc1ccccc1)c1ccccc1. The molecule has 4 aromatic rings. The Balaban J connectivity index is 1.71. The standard InChI is InChI=1S/C24H21N5O2/c1-17-21(23(30)29(28-17)20-15-9-4-10-16-20)22(18-11-5-2-6-12-18)26-27-24(31)25-19-13-7-3-8-14-19/h2-16,30H,1H3,(H2,25,27,31)/b26-22+. The van der Waals surface area contributed by atoms with Crippen molar-refractivity contribution >= 4 is 17.4 Å². The van der Waals surface area contributed by atoms with Crippen LogP contribution in [0.3, 0.4) is 0 Å². The average molecular weight is 411 g/mol. The van der Waals surface area contributed by atoms with E-state index in [1.807, 2.05) is 78.9 Å². The summed E-state index contributed by atoms with van der Waals surface area (Å²) < 4.78 is 1.45. The number of anilines is 1. The Morgan fingerprint density at radius 3 is 2.13 bits per heavy atom. The predicted molar refractivity (Wildman–Crippen MR) is 121 cm³/mol. The van der Waals surface area contributed by atoms with Crippen molar-refractivity contribution in [1.82, 2.24) is 15.2 Å². The quantitative estimate of drug-likeness (QED) is 0.334. The zero-order valence-corrected chi connectivity index (χ0v) is 16.9. The fraction of sp³-hybridized carbons (Fsp3) is 0.0417. The maximum atomic E-state index is 12.4. The molecule has 154 valence electrons. The molecule has 0 unspecified atom stereocenters. The van der Waals surface area contributed by atoms with Crippen LogP contribution in [0.5, 0.6) is 5.88 Å². The molecule has 0 aliphatic rings. The molecule has 3 aromatic carbocycles. The second kappa shape index (κ2) is 8.96. The fourth-order valence-corrected chi connectivity index (χ4v) is 3.19. The second-order valence-corrected chi connectivity index (χ2v) is 6.79. The largest absolute Gasteiger partial charge is 0.493 e. The first kappa shape index (κ1) is 19.9. The molecule has 0 aliphatic carbocycles. The number of aryl methyl sites for hydroxylation is 1. The summed E-state index contributed by atoms with van der Waals surface area (Å²) in [5, 5.41) is 22.5. The molecular weight excluding hydrogens is 390 g/mol. The highest BCUT2D eigenvalue weighted by molar-refractivity contribution is 6.15. The molecule has 1 heterocycles. The number of aromatic nitrogens is 2. The lowest BCUT2D eigenvalue weighted by Crippen LogP contribution is -2.26. The van der Waals surface area contributed by atoms with E-state index < -0.39 is 6.03 Å². The number of rotatable bonds is 5. The molecule has 0 radical (unpaired) electrons. The number of carbonyl (C=O) groups is 1. The maximum Gasteiger partial charge on any atom is 0.339 e. The van der Waals surface area contributed by atoms with Crippen molar-refractivity contribution in [2.75, 3.05) is 5.32 Å². The van der Waals surface area contributed by atoms with Crippen LogP contribution in [0.4, 0.5) is 10.5 Å². The maximum absolute atomic E-state index is 12.4. The van der Waals surface area contributed by atoms with Gasteiger partial charge in [-0.3, -0.25) is 0 Å². The molecule has 0 saturated carbocycles. The van der Waals surface area contributed by atoms with E-state index in [1.54, 1.807) is 19.1 Å². The Morgan fingerprint density at radius 1 is 0.903 bits per heavy atom. The van der Waals surface area contributed by atoms with Crippen molar-refractivity contribution in [3.05, 3.63) is 108 Å². The van der Waals surface area contributed by atoms with Gasteiger partial charge in [0.1, 0.15) is 5.71 Å². The Bertz CT molecular complexity index is 1200. The van der Waals surface area contributed by atoms with E-state index in [2.05, 4.69) is 20.9 Å². The highest BCUT2D eigenvalue weighted by Crippen LogP contribution is 2.27. The van der Waals surface area contributed by atoms with Gasteiger partial charge in [0.25, 0.3) is 0 Å². The molecule has 0 aliphatic heterocycles. The van der Waals surface area contributed by atoms with Crippen molar-refractivity contribution < 1.29 is 9.90 Å². The number of hydrogen-bond acceptors (Lipinski definition) is 4. The van der Waals surface area contributed by atoms with E-state index in [0.717, 1.165) is 11.3 Å². The summed E-state index contributed by atoms with van der Waals surface area (Å²) in [5.74, 6) is -0.0587. The van der Waals surface area contributed by atoms with Gasteiger partial charge in [-0.2, -0.15) is 10.2 Å². The Hall–Kier alpha value is -4.39. The molecule has 0 atom stereocenters. The number of urea groups is 1. The fourth-order valence-electron chi connectivity index (χ4n) is 3.19. The van der Waals surface area contributed by atoms with Gasteiger partial charge >= 0.3 is 6.03 Å². The third kappa shape index (κ3) is 4.45. The molecule has 7 heteroatoms. The monoisotopic (exact) mass is 411 g/mol. The number of carbonyl (C=O) groups excluding carboxylic acids is 1. The van der Waals surface area contributed by atoms with E-state index in [9.17, 15) is 9.90 Å². The van der Waals surface area contributed by atoms with Crippen LogP contribution in [0.25, 0.3) is 5.69 Å². The number of nitrogens with zero attached hydrogens (tertiary/aromatic N) is 3. The molecule has 1 aromatic heterocycles. The number of aromatic hydroxyl groups is 1. The van der Waals surface area contributed by atoms with Crippen LogP contribution >= 0.6 is 0 Å². The second-order valence-electron chi connectivity index (χ2n) is 6.79. The zero-order valence-electron chi connectivity index (χ0n) is 16.9. The molecular formula is C24H21N5O2. The highest BCUT2D eigenvalue weighted by Gasteiger charge is 2.22. The van der Waals surface area contributed by atoms with E-state index >= 15 is 0 Å². The van der Waals surface area contributed by atoms with Crippen LogP contribution < -0.4 is 10.7 Å². The molecule has 0 spiro atoms. The van der Waals surface area contributed by atoms with Crippen LogP contribution in [0.2, 0.25) is 0 Å². The molecule has 0 fully saturated rings. The van der Waals surface area contributed by atoms with Gasteiger partial charge in [0.15, 0.2) is 0 Å². The van der Waals surface area contributed by atoms with Gasteiger partial charge in [-0.1, -0.05) is 66.7 Å². The van der Waals surface area contributed by atoms with Gasteiger partial charge in [0, 0.05) is 11.3 Å². The van der Waals surface area contributed by atoms with Gasteiger partial charge in [0.05, 0.1) is 16.9 Å². The number of benzene rings is 3. The van der Waals surface area contributed by atoms with Crippen LogP contribution in [-0.4, -0.2) is 26.6 Å². The van der Waals surface area contributed by atoms with Crippen molar-refractivity contribution in [3.8, 4) is 11.6 Å². The summed E-state index contributed by atoms with van der Waals surface area (Å²) in [4.78, 5) is 12.4. The normalized spacial score (nSPS) is 11.2. The zero-order chi connectivity index (χ0) is 21.6. The topological polar surface area (TPSA) is 91.5 Å². The van der Waals surface area contributed by atoms with Crippen molar-refractivity contribution in [2.24, 2.45) is 5.10 Å². The molecule has 2 amide bonds. The molecule has 3 N–H and O–H groups in total. The number of nitrogens with one attached hydrogen (secondary N) is 2. The van der Waals surface area contributed by atoms with Gasteiger partial charge in [-0.15, -0.1) is 0 Å². The summed E-state index contributed by atoms with van der Waals surface area (Å²) in [6.45, 7) is 1.79. The molecule has 4 rings (SSSR count). The minimum Gasteiger partial charge on any atom is -0.493 e. The van der Waals surface area contributed by atoms with Gasteiger partial charge in [0.2, 0.25) is 5.88 Å². The lowest BCUT2D eigenvalue weighted by atomic mass is 10.0. The van der Waals surface area contributed by atoms with E-state index in [0.29, 0.717) is 22.7 Å². The minimum atomic E-state index is -0.493. The lowest BCUT2D eigenvalue weighted by molar-refractivity contribution is 0.252. The summed E-state index contributed by atoms with van der Waals surface area (Å²) >= 11 is 0. The predicted octanol–water partition coefficient (Wildman–Crippen LogP) is 4.46. The third-order valence-corrected chi connectivity index (χ3v) is 4.62. The average Bonchev–Trinajstić information content (AvgIpc) is 3.10. The first-order chi connectivity index (χ1) is 15.1. The van der Waals surface area contributed by atoms with Gasteiger partial charge in [-0.05, 0) is 31.2 Å². The molecule has 7 nitrogen and oxygen atoms in total. The molecule has 0 bridgehead atoms. The Labute approximate surface area is 179 Å². The number of hydrazone groups is 1. The van der Waals surface area contributed by atoms with Crippen LogP contribution in [-0.2, 0) is 0 Å². The number of hydrogen-bond donors (Lipinski definition) is 3. The minimum absolute atomic E-state index is 0.0587. The van der Waals surface area contributed by atoms with Crippen molar-refractivity contribution in [1.29, 1.82) is 0 Å². The van der Waals surface area contributed by atoms with Crippen LogP contribution in [0, 0.1) is 6.92 Å². The smallest absolute Gasteiger partial charge is 0.339 e. The molecule has 31 heavy (non-hydrogen) atoms. The van der Waals surface area contributed by atoms with Crippen LogP contribution in [0.15, 0.2) is 96.1 Å². The Morgan fingerprint density at radius 2 is 1.48 bits per heavy atom. The molecule has 0 saturated heterocycles. The summed E-state index contributed by atoms with van der Waals surface area (Å²) in [6.07, 6.45) is 0. The first-order valence-electron chi connectivity index (χ1n) is 9.73. The van der Waals surface area contributed by atoms with E-state index in [4.69, 9.17) is 0 Å². The lowest BCUT2D eigenvalue weighted by Gasteiger charge is -2.09. The van der Waals surface area contributed by atoms with Crippen molar-refractivity contribution in [2.45, 2.75) is 6.92 Å². The third-order valence-electron chi connectivity index (χ3n) is 4.62. The Kier molecular flexibility index (Phi) is 5.75. The summed E-state index contributed by atoms with van der Waals surface area (Å²) in [6, 6.07) is 27.2. The summed E-state index contributed by atoms with van der Waals surface area (Å²) in [5.41, 5.74) is 6.04. The van der Waals surface area contributed by atoms with E-state index in [1.165, 1.54) is 4.68 Å². The van der Waals surface area contributed by atoms with Crippen molar-refractivity contribution in [3.63, 3.8) is 0 Å². The summed E-state index contributed by atoms with van der Waals surface area (Å²) in [7, 11) is 0. The van der Waals surface area contributed by atoms with Crippen LogP contribution in [0.1, 0.15) is 16.8 Å². The van der Waals surface area contributed by atoms with Gasteiger partial charge in [-0.25, -0.2) is 14.9 Å². The van der Waals surface area contributed by atoms with Gasteiger partial charge < -0.3 is 10.4 Å². The van der Waals surface area contributed by atoms with E-state index in [-0.39, 0.29) is 5.88 Å². The number of amides is 2.